The number of Topliss-reactive ketones (excluding diaryl/α,β-unsaturated/α-hetero) is 2. The number of ketones is 2. The predicted octanol–water partition coefficient (Wildman–Crippen LogP) is 14.8. The number of nitrogens with one attached hydrogen (secondary N) is 3. The Labute approximate surface area is 644 Å². The van der Waals surface area contributed by atoms with Crippen LogP contribution >= 0.6 is 22.7 Å². The number of nitrogens with zero attached hydrogens (tertiary/aromatic N) is 17. The van der Waals surface area contributed by atoms with Crippen LogP contribution in [0.4, 0.5) is 34.8 Å². The van der Waals surface area contributed by atoms with Gasteiger partial charge in [-0.2, -0.15) is 20.5 Å². The van der Waals surface area contributed by atoms with Crippen molar-refractivity contribution < 1.29 is 47.0 Å². The Bertz CT molecular complexity index is 5110. The van der Waals surface area contributed by atoms with E-state index in [1.54, 1.807) is 67.2 Å². The Balaban J connectivity index is 0.000000234. The number of carbonyl (C=O) groups excluding carboxylic acids is 5. The fourth-order valence-electron chi connectivity index (χ4n) is 11.6. The number of thiazole rings is 2. The largest absolute Gasteiger partial charge is 0.444 e. The molecule has 2 aliphatic rings. The Morgan fingerprint density at radius 2 is 0.964 bits per heavy atom. The first-order valence-corrected chi connectivity index (χ1v) is 37.5. The van der Waals surface area contributed by atoms with Gasteiger partial charge in [-0.15, -0.1) is 24.7 Å². The molecular weight excluding hydrogens is 1450 g/mol. The van der Waals surface area contributed by atoms with Crippen molar-refractivity contribution in [2.45, 2.75) is 201 Å². The summed E-state index contributed by atoms with van der Waals surface area (Å²) in [6, 6.07) is 17.1. The van der Waals surface area contributed by atoms with Crippen LogP contribution in [0.2, 0.25) is 0 Å². The van der Waals surface area contributed by atoms with E-state index in [0.29, 0.717) is 128 Å². The van der Waals surface area contributed by atoms with Gasteiger partial charge in [0.2, 0.25) is 0 Å². The standard InChI is InChI=1S/C41H47FN10O5S.C36H39FN10O3S.CH4/c1-8-9-17-41(49-50-41)18-14-27(53)22-26-12-13-29-30(23-26)47-32(46-29)15-20-51(37(54)56-39(2,3)4)21-16-33-48-34-35(44-25-45-36(34)58-33)52(38(55)57-40(5,6)7)24-31-28(42)11-10-19-43-31;1-5-6-14-36(45-46-36)15-11-24(48)19-23-9-10-26-27(20-23)43-29(42-26)12-17-38-18-13-30-44-31-32(40-22-41-33(31)51-30)47(34(49)50-35(2,3)4)21-28-25(37)8-7-16-39-28;/h1,10-13,19,23,25H,9,14-18,20-22,24H2,2-7H3,(H,46,47);1,7-10,16,20,22,38H,6,11-15,17-19,21H2,2-4H3,(H,42,43);1H4. The van der Waals surface area contributed by atoms with Gasteiger partial charge in [0.1, 0.15) is 85.0 Å². The van der Waals surface area contributed by atoms with Gasteiger partial charge in [-0.05, 0) is 122 Å². The molecule has 0 saturated heterocycles. The number of benzene rings is 2. The second kappa shape index (κ2) is 35.5. The van der Waals surface area contributed by atoms with Gasteiger partial charge in [0.25, 0.3) is 0 Å². The molecule has 2 aromatic carbocycles. The van der Waals surface area contributed by atoms with Crippen LogP contribution in [-0.2, 0) is 75.4 Å². The third kappa shape index (κ3) is 22.8. The quantitative estimate of drug-likeness (QED) is 0.0200. The van der Waals surface area contributed by atoms with Crippen LogP contribution in [0.25, 0.3) is 42.8 Å². The Morgan fingerprint density at radius 3 is 1.40 bits per heavy atom. The Hall–Kier alpha value is -11.1. The van der Waals surface area contributed by atoms with Gasteiger partial charge in [-0.25, -0.2) is 63.0 Å². The summed E-state index contributed by atoms with van der Waals surface area (Å²) in [5, 5.41) is 21.4. The highest BCUT2D eigenvalue weighted by atomic mass is 32.1. The molecule has 10 aromatic rings. The van der Waals surface area contributed by atoms with Crippen LogP contribution in [0.1, 0.15) is 165 Å². The lowest BCUT2D eigenvalue weighted by Crippen LogP contribution is -2.39. The van der Waals surface area contributed by atoms with Gasteiger partial charge >= 0.3 is 18.3 Å². The van der Waals surface area contributed by atoms with E-state index < -0.39 is 58.0 Å². The molecule has 0 atom stereocenters. The maximum Gasteiger partial charge on any atom is 0.416 e. The minimum Gasteiger partial charge on any atom is -0.444 e. The van der Waals surface area contributed by atoms with E-state index in [1.807, 2.05) is 36.4 Å². The zero-order valence-electron chi connectivity index (χ0n) is 62.3. The highest BCUT2D eigenvalue weighted by Gasteiger charge is 2.41. The van der Waals surface area contributed by atoms with Crippen molar-refractivity contribution in [2.24, 2.45) is 20.5 Å². The second-order valence-corrected chi connectivity index (χ2v) is 31.5. The molecule has 8 aromatic heterocycles. The molecule has 2 aliphatic heterocycles. The van der Waals surface area contributed by atoms with Gasteiger partial charge in [0.15, 0.2) is 23.0 Å². The zero-order chi connectivity index (χ0) is 77.7. The third-order valence-electron chi connectivity index (χ3n) is 17.1. The number of aromatic amines is 2. The molecular formula is C78H90F2N20O8S2. The lowest BCUT2D eigenvalue weighted by molar-refractivity contribution is -0.119. The van der Waals surface area contributed by atoms with E-state index in [4.69, 9.17) is 47.0 Å². The van der Waals surface area contributed by atoms with Crippen molar-refractivity contribution in [1.29, 1.82) is 0 Å². The zero-order valence-corrected chi connectivity index (χ0v) is 64.0. The molecule has 0 aliphatic carbocycles. The molecule has 110 heavy (non-hydrogen) atoms. The summed E-state index contributed by atoms with van der Waals surface area (Å²) in [6.07, 6.45) is 21.5. The van der Waals surface area contributed by atoms with Crippen molar-refractivity contribution in [2.75, 3.05) is 36.0 Å². The number of hydrogen-bond acceptors (Lipinski definition) is 25. The number of ether oxygens (including phenoxy) is 3. The second-order valence-electron chi connectivity index (χ2n) is 29.4. The number of anilines is 2. The first kappa shape index (κ1) is 81.4. The van der Waals surface area contributed by atoms with Crippen molar-refractivity contribution in [3.8, 4) is 24.7 Å². The first-order chi connectivity index (χ1) is 52.0. The molecule has 0 spiro atoms. The molecule has 32 heteroatoms. The molecule has 0 radical (unpaired) electrons. The maximum atomic E-state index is 14.7. The lowest BCUT2D eigenvalue weighted by Gasteiger charge is -2.27. The SMILES string of the molecule is C.C#CCCC1(CCC(=O)Cc2ccc3nc(CCN(CCc4nc5c(N(Cc6ncccc6F)C(=O)OC(C)(C)C)ncnc5s4)C(=O)OC(C)(C)C)[nH]c3c2)N=N1.C#CCCC1(CCC(=O)Cc2ccc3nc(CCNCCc4nc5c(N(Cc6ncccc6F)C(=O)OC(C)(C)C)ncnc5s4)[nH]c3c2)N=N1. The topological polar surface area (TPSA) is 345 Å². The van der Waals surface area contributed by atoms with E-state index in [-0.39, 0.29) is 74.6 Å². The molecule has 576 valence electrons. The number of rotatable bonds is 32. The number of amides is 3. The number of hydrogen-bond donors (Lipinski definition) is 3. The Morgan fingerprint density at radius 1 is 0.536 bits per heavy atom. The van der Waals surface area contributed by atoms with Gasteiger partial charge in [-0.1, -0.05) is 42.2 Å². The fraction of sp³-hybridized carbons (Fsp3) is 0.449. The third-order valence-corrected chi connectivity index (χ3v) is 19.1. The van der Waals surface area contributed by atoms with Crippen LogP contribution in [0.3, 0.4) is 0 Å². The van der Waals surface area contributed by atoms with Gasteiger partial charge in [0.05, 0.1) is 56.6 Å². The van der Waals surface area contributed by atoms with Crippen molar-refractivity contribution in [1.82, 2.24) is 70.0 Å². The van der Waals surface area contributed by atoms with Crippen molar-refractivity contribution in [3.05, 3.63) is 142 Å². The number of aromatic nitrogens is 12. The first-order valence-electron chi connectivity index (χ1n) is 35.8. The minimum absolute atomic E-state index is 0. The molecule has 3 N–H and O–H groups in total. The highest BCUT2D eigenvalue weighted by molar-refractivity contribution is 7.18. The fourth-order valence-corrected chi connectivity index (χ4v) is 13.4. The molecule has 0 fully saturated rings. The summed E-state index contributed by atoms with van der Waals surface area (Å²) in [7, 11) is 0. The molecule has 12 rings (SSSR count). The number of halogens is 2. The number of carbonyl (C=O) groups is 5. The van der Waals surface area contributed by atoms with Crippen LogP contribution in [-0.4, -0.2) is 149 Å². The smallest absolute Gasteiger partial charge is 0.416 e. The van der Waals surface area contributed by atoms with E-state index in [2.05, 4.69) is 77.5 Å². The summed E-state index contributed by atoms with van der Waals surface area (Å²) < 4.78 is 46.4. The number of terminal acetylenes is 2. The molecule has 0 saturated carbocycles. The van der Waals surface area contributed by atoms with E-state index in [1.165, 1.54) is 81.8 Å². The van der Waals surface area contributed by atoms with E-state index >= 15 is 0 Å². The lowest BCUT2D eigenvalue weighted by atomic mass is 9.98. The average molecular weight is 1540 g/mol. The number of pyridine rings is 2. The van der Waals surface area contributed by atoms with Crippen LogP contribution < -0.4 is 15.1 Å². The highest BCUT2D eigenvalue weighted by Crippen LogP contribution is 2.40. The summed E-state index contributed by atoms with van der Waals surface area (Å²) in [5.41, 5.74) is 2.66. The van der Waals surface area contributed by atoms with Crippen molar-refractivity contribution in [3.63, 3.8) is 0 Å². The summed E-state index contributed by atoms with van der Waals surface area (Å²) >= 11 is 2.70. The summed E-state index contributed by atoms with van der Waals surface area (Å²) in [4.78, 5) is 122. The Kier molecular flexibility index (Phi) is 26.3. The summed E-state index contributed by atoms with van der Waals surface area (Å²) in [6.45, 7) is 17.3. The van der Waals surface area contributed by atoms with Crippen LogP contribution in [0.5, 0.6) is 0 Å². The molecule has 0 unspecified atom stereocenters. The summed E-state index contributed by atoms with van der Waals surface area (Å²) in [5.74, 6) is 6.22. The predicted molar refractivity (Wildman–Crippen MR) is 415 cm³/mol. The van der Waals surface area contributed by atoms with Gasteiger partial charge in [-0.3, -0.25) is 29.4 Å². The maximum absolute atomic E-state index is 14.7. The molecule has 10 heterocycles. The van der Waals surface area contributed by atoms with Crippen molar-refractivity contribution >= 4 is 107 Å². The van der Waals surface area contributed by atoms with Crippen LogP contribution in [0, 0.1) is 36.3 Å². The molecule has 0 bridgehead atoms. The van der Waals surface area contributed by atoms with E-state index in [9.17, 15) is 32.8 Å². The molecule has 3 amide bonds. The monoisotopic (exact) mass is 1540 g/mol. The minimum atomic E-state index is -0.842. The number of H-pyrrole nitrogens is 2. The normalized spacial score (nSPS) is 13.2. The molecule has 28 nitrogen and oxygen atoms in total. The number of fused-ring (bicyclic) bond motifs is 4. The number of imidazole rings is 2. The van der Waals surface area contributed by atoms with Gasteiger partial charge < -0.3 is 34.4 Å². The van der Waals surface area contributed by atoms with E-state index in [0.717, 1.165) is 44.0 Å². The van der Waals surface area contributed by atoms with Crippen LogP contribution in [0.15, 0.2) is 106 Å². The van der Waals surface area contributed by atoms with Gasteiger partial charge in [0, 0.05) is 128 Å². The average Bonchev–Trinajstić information content (AvgIpc) is 1.69.